The van der Waals surface area contributed by atoms with Gasteiger partial charge in [0.2, 0.25) is 0 Å². The van der Waals surface area contributed by atoms with Gasteiger partial charge >= 0.3 is 0 Å². The fourth-order valence-corrected chi connectivity index (χ4v) is 11.1. The highest BCUT2D eigenvalue weighted by Crippen LogP contribution is 2.71. The molecular formula is C39H27NOS. The average Bonchev–Trinajstić information content (AvgIpc) is 3.58. The lowest BCUT2D eigenvalue weighted by Gasteiger charge is -2.51. The van der Waals surface area contributed by atoms with E-state index in [4.69, 9.17) is 4.42 Å². The molecule has 1 unspecified atom stereocenters. The Balaban J connectivity index is 1.50. The Labute approximate surface area is 245 Å². The molecule has 10 rings (SSSR count). The Hall–Kier alpha value is -4.73. The third-order valence-corrected chi connectivity index (χ3v) is 12.8. The lowest BCUT2D eigenvalue weighted by Crippen LogP contribution is -2.39. The molecule has 0 fully saturated rings. The molecule has 0 saturated carbocycles. The van der Waals surface area contributed by atoms with Crippen molar-refractivity contribution in [3.63, 3.8) is 0 Å². The molecule has 0 amide bonds. The lowest BCUT2D eigenvalue weighted by molar-refractivity contribution is 0.641. The largest absolute Gasteiger partial charge is 0.455 e. The Bertz CT molecular complexity index is 2460. The number of hydrogen-bond donors (Lipinski definition) is 0. The summed E-state index contributed by atoms with van der Waals surface area (Å²) < 4.78 is 9.34. The molecule has 0 saturated heterocycles. The molecule has 42 heavy (non-hydrogen) atoms. The van der Waals surface area contributed by atoms with Gasteiger partial charge in [0.25, 0.3) is 0 Å². The van der Waals surface area contributed by atoms with Crippen LogP contribution in [-0.4, -0.2) is 17.1 Å². The number of hydrogen-bond acceptors (Lipinski definition) is 1. The van der Waals surface area contributed by atoms with Crippen molar-refractivity contribution in [2.75, 3.05) is 12.5 Å². The maximum Gasteiger partial charge on any atom is 0.148 e. The van der Waals surface area contributed by atoms with Crippen LogP contribution in [0.15, 0.2) is 142 Å². The quantitative estimate of drug-likeness (QED) is 0.181. The zero-order valence-corrected chi connectivity index (χ0v) is 24.2. The number of para-hydroxylation sites is 4. The molecule has 4 heterocycles. The summed E-state index contributed by atoms with van der Waals surface area (Å²) >= 11 is 0. The second kappa shape index (κ2) is 7.56. The molecule has 0 radical (unpaired) electrons. The molecule has 0 bridgehead atoms. The maximum atomic E-state index is 6.83. The molecule has 2 aliphatic heterocycles. The number of aromatic nitrogens is 1. The van der Waals surface area contributed by atoms with Gasteiger partial charge in [0.05, 0.1) is 22.1 Å². The SMILES string of the molecule is CS1(C)c2ccccc2C2(c3ccccc3-n3c4ccccc4c4cccc2c43)c2ccc3c(oc4ccccc43)c21. The van der Waals surface area contributed by atoms with Gasteiger partial charge in [-0.1, -0.05) is 103 Å². The standard InChI is InChI=1S/C39H27NOS/c1-42(2)35-21-10-6-16-29(35)39(31-23-22-27-25-13-4-9-20-34(25)41-37(27)38(31)42)28-15-5-8-19-33(28)40-32-18-7-3-12-24(32)26-14-11-17-30(39)36(26)40/h3-23H,1-2H3. The normalized spacial score (nSPS) is 18.8. The maximum absolute atomic E-state index is 6.83. The summed E-state index contributed by atoms with van der Waals surface area (Å²) in [4.78, 5) is 2.80. The highest BCUT2D eigenvalue weighted by molar-refractivity contribution is 8.33. The Morgan fingerprint density at radius 1 is 0.548 bits per heavy atom. The topological polar surface area (TPSA) is 18.1 Å². The average molecular weight is 558 g/mol. The number of benzene rings is 6. The van der Waals surface area contributed by atoms with Gasteiger partial charge in [-0.25, -0.2) is 0 Å². The van der Waals surface area contributed by atoms with Crippen molar-refractivity contribution in [3.8, 4) is 5.69 Å². The Kier molecular flexibility index (Phi) is 4.12. The molecule has 200 valence electrons. The van der Waals surface area contributed by atoms with E-state index in [1.54, 1.807) is 0 Å². The molecule has 0 N–H and O–H groups in total. The molecule has 3 heteroatoms. The van der Waals surface area contributed by atoms with Crippen LogP contribution in [0.2, 0.25) is 0 Å². The summed E-state index contributed by atoms with van der Waals surface area (Å²) in [6, 6.07) is 47.3. The zero-order valence-electron chi connectivity index (χ0n) is 23.4. The second-order valence-electron chi connectivity index (χ2n) is 12.1. The fraction of sp³-hybridized carbons (Fsp3) is 0.0769. The van der Waals surface area contributed by atoms with Gasteiger partial charge in [0.15, 0.2) is 0 Å². The second-order valence-corrected chi connectivity index (χ2v) is 15.6. The summed E-state index contributed by atoms with van der Waals surface area (Å²) in [5, 5.41) is 4.99. The van der Waals surface area contributed by atoms with Crippen LogP contribution < -0.4 is 0 Å². The highest BCUT2D eigenvalue weighted by atomic mass is 32.3. The molecule has 0 aliphatic carbocycles. The van der Waals surface area contributed by atoms with E-state index in [1.165, 1.54) is 70.3 Å². The first-order chi connectivity index (χ1) is 20.6. The van der Waals surface area contributed by atoms with Gasteiger partial charge in [-0.05, 0) is 63.9 Å². The van der Waals surface area contributed by atoms with E-state index < -0.39 is 15.4 Å². The first kappa shape index (κ1) is 22.9. The van der Waals surface area contributed by atoms with E-state index in [1.807, 2.05) is 0 Å². The zero-order chi connectivity index (χ0) is 27.8. The van der Waals surface area contributed by atoms with E-state index >= 15 is 0 Å². The summed E-state index contributed by atoms with van der Waals surface area (Å²) in [5.41, 5.74) is 10.7. The van der Waals surface area contributed by atoms with Crippen molar-refractivity contribution < 1.29 is 4.42 Å². The van der Waals surface area contributed by atoms with Crippen LogP contribution in [0.1, 0.15) is 22.3 Å². The van der Waals surface area contributed by atoms with Crippen molar-refractivity contribution in [3.05, 3.63) is 150 Å². The van der Waals surface area contributed by atoms with Crippen LogP contribution in [-0.2, 0) is 5.41 Å². The van der Waals surface area contributed by atoms with Crippen molar-refractivity contribution in [2.45, 2.75) is 15.2 Å². The summed E-state index contributed by atoms with van der Waals surface area (Å²) in [5.74, 6) is 0. The predicted molar refractivity (Wildman–Crippen MR) is 176 cm³/mol. The molecule has 8 aromatic rings. The molecule has 1 spiro atoms. The molecular weight excluding hydrogens is 531 g/mol. The van der Waals surface area contributed by atoms with Gasteiger partial charge in [0.1, 0.15) is 11.2 Å². The van der Waals surface area contributed by atoms with E-state index in [0.717, 1.165) is 11.2 Å². The van der Waals surface area contributed by atoms with Crippen LogP contribution >= 0.6 is 10.0 Å². The number of rotatable bonds is 0. The molecule has 2 nitrogen and oxygen atoms in total. The molecule has 1 atom stereocenters. The monoisotopic (exact) mass is 557 g/mol. The smallest absolute Gasteiger partial charge is 0.148 e. The van der Waals surface area contributed by atoms with Crippen molar-refractivity contribution in [2.24, 2.45) is 0 Å². The van der Waals surface area contributed by atoms with Crippen molar-refractivity contribution in [1.29, 1.82) is 0 Å². The van der Waals surface area contributed by atoms with Crippen LogP contribution in [0.5, 0.6) is 0 Å². The van der Waals surface area contributed by atoms with E-state index in [-0.39, 0.29) is 0 Å². The van der Waals surface area contributed by atoms with Crippen molar-refractivity contribution >= 4 is 53.8 Å². The summed E-state index contributed by atoms with van der Waals surface area (Å²) in [6.07, 6.45) is 4.91. The van der Waals surface area contributed by atoms with Crippen LogP contribution in [0.3, 0.4) is 0 Å². The van der Waals surface area contributed by atoms with Gasteiger partial charge in [-0.2, -0.15) is 10.0 Å². The highest BCUT2D eigenvalue weighted by Gasteiger charge is 2.52. The van der Waals surface area contributed by atoms with Gasteiger partial charge < -0.3 is 8.98 Å². The minimum absolute atomic E-state index is 0.484. The third kappa shape index (κ3) is 2.44. The molecule has 6 aromatic carbocycles. The number of fused-ring (bicyclic) bond motifs is 15. The van der Waals surface area contributed by atoms with Gasteiger partial charge in [-0.15, -0.1) is 0 Å². The van der Waals surface area contributed by atoms with E-state index in [2.05, 4.69) is 144 Å². The first-order valence-electron chi connectivity index (χ1n) is 14.5. The molecule has 2 aromatic heterocycles. The Morgan fingerprint density at radius 2 is 1.24 bits per heavy atom. The summed E-state index contributed by atoms with van der Waals surface area (Å²) in [7, 11) is -1.43. The minimum Gasteiger partial charge on any atom is -0.455 e. The van der Waals surface area contributed by atoms with Crippen molar-refractivity contribution in [1.82, 2.24) is 4.57 Å². The first-order valence-corrected chi connectivity index (χ1v) is 17.0. The van der Waals surface area contributed by atoms with Gasteiger partial charge in [-0.3, -0.25) is 0 Å². The minimum atomic E-state index is -1.43. The number of nitrogens with zero attached hydrogens (tertiary/aromatic N) is 1. The van der Waals surface area contributed by atoms with E-state index in [9.17, 15) is 0 Å². The fourth-order valence-electron chi connectivity index (χ4n) is 8.33. The predicted octanol–water partition coefficient (Wildman–Crippen LogP) is 10.2. The third-order valence-electron chi connectivity index (χ3n) is 9.90. The summed E-state index contributed by atoms with van der Waals surface area (Å²) in [6.45, 7) is 0. The number of furan rings is 1. The van der Waals surface area contributed by atoms with E-state index in [0.29, 0.717) is 0 Å². The van der Waals surface area contributed by atoms with Crippen LogP contribution in [0.4, 0.5) is 0 Å². The molecule has 2 aliphatic rings. The Morgan fingerprint density at radius 3 is 2.14 bits per heavy atom. The van der Waals surface area contributed by atoms with Crippen LogP contribution in [0, 0.1) is 0 Å². The van der Waals surface area contributed by atoms with Gasteiger partial charge in [0, 0.05) is 26.4 Å². The van der Waals surface area contributed by atoms with Crippen LogP contribution in [0.25, 0.3) is 49.4 Å². The lowest BCUT2D eigenvalue weighted by atomic mass is 9.62.